The van der Waals surface area contributed by atoms with Gasteiger partial charge in [-0.05, 0) is 50.7 Å². The van der Waals surface area contributed by atoms with E-state index in [-0.39, 0.29) is 0 Å². The lowest BCUT2D eigenvalue weighted by Gasteiger charge is -2.12. The zero-order valence-electron chi connectivity index (χ0n) is 10.2. The lowest BCUT2D eigenvalue weighted by molar-refractivity contribution is 0.261. The first-order valence-corrected chi connectivity index (χ1v) is 5.50. The molecule has 0 amide bonds. The molecule has 0 aliphatic rings. The van der Waals surface area contributed by atoms with Crippen molar-refractivity contribution in [3.05, 3.63) is 29.3 Å². The molecule has 0 aliphatic heterocycles. The molecule has 0 N–H and O–H groups in total. The number of likely N-dealkylation sites (N-methyl/N-ethyl adjacent to an activating group) is 1. The third-order valence-corrected chi connectivity index (χ3v) is 2.51. The van der Waals surface area contributed by atoms with Gasteiger partial charge < -0.3 is 9.64 Å². The van der Waals surface area contributed by atoms with Crippen molar-refractivity contribution in [3.63, 3.8) is 0 Å². The molecular formula is C13H21NO. The molecule has 0 fully saturated rings. The number of hydrogen-bond acceptors (Lipinski definition) is 2. The average molecular weight is 207 g/mol. The molecule has 84 valence electrons. The van der Waals surface area contributed by atoms with Crippen molar-refractivity contribution in [2.75, 3.05) is 27.2 Å². The maximum Gasteiger partial charge on any atom is 0.119 e. The van der Waals surface area contributed by atoms with E-state index in [1.807, 2.05) is 6.07 Å². The maximum absolute atomic E-state index is 5.67. The summed E-state index contributed by atoms with van der Waals surface area (Å²) in [5.41, 5.74) is 2.72. The number of aryl methyl sites for hydroxylation is 2. The van der Waals surface area contributed by atoms with Crippen molar-refractivity contribution < 1.29 is 4.74 Å². The van der Waals surface area contributed by atoms with E-state index in [4.69, 9.17) is 4.74 Å². The van der Waals surface area contributed by atoms with E-state index in [0.29, 0.717) is 0 Å². The van der Waals surface area contributed by atoms with Crippen LogP contribution in [-0.4, -0.2) is 32.1 Å². The van der Waals surface area contributed by atoms with Gasteiger partial charge in [0.25, 0.3) is 0 Å². The Morgan fingerprint density at radius 3 is 2.60 bits per heavy atom. The number of nitrogens with zero attached hydrogens (tertiary/aromatic N) is 1. The van der Waals surface area contributed by atoms with E-state index < -0.39 is 0 Å². The molecule has 0 saturated heterocycles. The Kier molecular flexibility index (Phi) is 4.63. The summed E-state index contributed by atoms with van der Waals surface area (Å²) in [5, 5.41) is 0. The van der Waals surface area contributed by atoms with Crippen molar-refractivity contribution in [3.8, 4) is 5.75 Å². The van der Waals surface area contributed by atoms with Crippen LogP contribution in [0.4, 0.5) is 0 Å². The lowest BCUT2D eigenvalue weighted by Crippen LogP contribution is -2.19. The van der Waals surface area contributed by atoms with Crippen molar-refractivity contribution in [2.24, 2.45) is 0 Å². The van der Waals surface area contributed by atoms with Gasteiger partial charge in [-0.15, -0.1) is 0 Å². The highest BCUT2D eigenvalue weighted by Crippen LogP contribution is 2.17. The van der Waals surface area contributed by atoms with E-state index in [9.17, 15) is 0 Å². The monoisotopic (exact) mass is 207 g/mol. The van der Waals surface area contributed by atoms with Crippen LogP contribution in [0.15, 0.2) is 18.2 Å². The Hall–Kier alpha value is -1.02. The first kappa shape index (κ1) is 12.1. The first-order valence-electron chi connectivity index (χ1n) is 5.50. The number of rotatable bonds is 5. The third-order valence-electron chi connectivity index (χ3n) is 2.51. The van der Waals surface area contributed by atoms with Gasteiger partial charge in [0.05, 0.1) is 0 Å². The fourth-order valence-corrected chi connectivity index (χ4v) is 1.46. The Balaban J connectivity index is 2.54. The summed E-state index contributed by atoms with van der Waals surface area (Å²) in [6.07, 6.45) is 1.07. The van der Waals surface area contributed by atoms with Gasteiger partial charge in [-0.2, -0.15) is 0 Å². The fourth-order valence-electron chi connectivity index (χ4n) is 1.46. The smallest absolute Gasteiger partial charge is 0.119 e. The molecule has 1 aromatic carbocycles. The average Bonchev–Trinajstić information content (AvgIpc) is 2.20. The largest absolute Gasteiger partial charge is 0.492 e. The summed E-state index contributed by atoms with van der Waals surface area (Å²) < 4.78 is 5.67. The molecular weight excluding hydrogens is 186 g/mol. The van der Waals surface area contributed by atoms with Crippen LogP contribution >= 0.6 is 0 Å². The van der Waals surface area contributed by atoms with Crippen LogP contribution in [0.1, 0.15) is 18.1 Å². The van der Waals surface area contributed by atoms with E-state index in [1.54, 1.807) is 0 Å². The third kappa shape index (κ3) is 3.92. The van der Waals surface area contributed by atoms with Gasteiger partial charge in [-0.25, -0.2) is 0 Å². The Labute approximate surface area is 92.9 Å². The summed E-state index contributed by atoms with van der Waals surface area (Å²) in [4.78, 5) is 2.12. The second-order valence-corrected chi connectivity index (χ2v) is 4.09. The van der Waals surface area contributed by atoms with Gasteiger partial charge >= 0.3 is 0 Å². The molecule has 0 spiro atoms. The molecule has 0 aliphatic carbocycles. The van der Waals surface area contributed by atoms with Gasteiger partial charge in [0, 0.05) is 6.54 Å². The minimum absolute atomic E-state index is 0.749. The maximum atomic E-state index is 5.67. The van der Waals surface area contributed by atoms with Crippen LogP contribution in [0, 0.1) is 6.92 Å². The Morgan fingerprint density at radius 2 is 2.00 bits per heavy atom. The predicted octanol–water partition coefficient (Wildman–Crippen LogP) is 2.50. The van der Waals surface area contributed by atoms with Gasteiger partial charge in [-0.3, -0.25) is 0 Å². The highest BCUT2D eigenvalue weighted by Gasteiger charge is 1.99. The lowest BCUT2D eigenvalue weighted by atomic mass is 10.1. The zero-order valence-corrected chi connectivity index (χ0v) is 10.2. The second kappa shape index (κ2) is 5.76. The Bertz CT molecular complexity index is 307. The topological polar surface area (TPSA) is 12.5 Å². The minimum atomic E-state index is 0.749. The normalized spacial score (nSPS) is 10.7. The van der Waals surface area contributed by atoms with Crippen LogP contribution in [0.25, 0.3) is 0 Å². The molecule has 15 heavy (non-hydrogen) atoms. The summed E-state index contributed by atoms with van der Waals surface area (Å²) in [7, 11) is 4.10. The molecule has 0 heterocycles. The molecule has 0 radical (unpaired) electrons. The minimum Gasteiger partial charge on any atom is -0.492 e. The molecule has 1 aromatic rings. The van der Waals surface area contributed by atoms with Crippen LogP contribution in [-0.2, 0) is 6.42 Å². The summed E-state index contributed by atoms with van der Waals surface area (Å²) in [5.74, 6) is 0.985. The van der Waals surface area contributed by atoms with Gasteiger partial charge in [-0.1, -0.05) is 13.0 Å². The fraction of sp³-hybridized carbons (Fsp3) is 0.538. The van der Waals surface area contributed by atoms with Gasteiger partial charge in [0.2, 0.25) is 0 Å². The Morgan fingerprint density at radius 1 is 1.27 bits per heavy atom. The molecule has 2 nitrogen and oxygen atoms in total. The van der Waals surface area contributed by atoms with E-state index in [1.165, 1.54) is 11.1 Å². The molecule has 0 atom stereocenters. The summed E-state index contributed by atoms with van der Waals surface area (Å²) in [6, 6.07) is 6.32. The van der Waals surface area contributed by atoms with Crippen LogP contribution in [0.5, 0.6) is 5.75 Å². The molecule has 0 unspecified atom stereocenters. The molecule has 2 heteroatoms. The first-order chi connectivity index (χ1) is 7.13. The SMILES string of the molecule is CCc1cc(OCCN(C)C)ccc1C. The zero-order chi connectivity index (χ0) is 11.3. The van der Waals surface area contributed by atoms with Crippen LogP contribution in [0.2, 0.25) is 0 Å². The summed E-state index contributed by atoms with van der Waals surface area (Å²) in [6.45, 7) is 6.02. The van der Waals surface area contributed by atoms with Crippen molar-refractivity contribution in [1.29, 1.82) is 0 Å². The number of ether oxygens (including phenoxy) is 1. The second-order valence-electron chi connectivity index (χ2n) is 4.09. The summed E-state index contributed by atoms with van der Waals surface area (Å²) >= 11 is 0. The van der Waals surface area contributed by atoms with Crippen LogP contribution in [0.3, 0.4) is 0 Å². The van der Waals surface area contributed by atoms with E-state index >= 15 is 0 Å². The quantitative estimate of drug-likeness (QED) is 0.735. The molecule has 1 rings (SSSR count). The predicted molar refractivity (Wildman–Crippen MR) is 64.6 cm³/mol. The van der Waals surface area contributed by atoms with E-state index in [0.717, 1.165) is 25.3 Å². The highest BCUT2D eigenvalue weighted by molar-refractivity contribution is 5.34. The molecule has 0 aromatic heterocycles. The van der Waals surface area contributed by atoms with E-state index in [2.05, 4.69) is 45.0 Å². The van der Waals surface area contributed by atoms with Gasteiger partial charge in [0.1, 0.15) is 12.4 Å². The van der Waals surface area contributed by atoms with Crippen molar-refractivity contribution >= 4 is 0 Å². The van der Waals surface area contributed by atoms with Gasteiger partial charge in [0.15, 0.2) is 0 Å². The highest BCUT2D eigenvalue weighted by atomic mass is 16.5. The number of benzene rings is 1. The van der Waals surface area contributed by atoms with Crippen molar-refractivity contribution in [2.45, 2.75) is 20.3 Å². The standard InChI is InChI=1S/C13H21NO/c1-5-12-10-13(7-6-11(12)2)15-9-8-14(3)4/h6-7,10H,5,8-9H2,1-4H3. The molecule has 0 saturated carbocycles. The van der Waals surface area contributed by atoms with Crippen molar-refractivity contribution in [1.82, 2.24) is 4.90 Å². The van der Waals surface area contributed by atoms with Crippen LogP contribution < -0.4 is 4.74 Å². The molecule has 0 bridgehead atoms. The number of hydrogen-bond donors (Lipinski definition) is 0.